The minimum absolute atomic E-state index is 0.00600. The van der Waals surface area contributed by atoms with Crippen molar-refractivity contribution in [2.75, 3.05) is 7.05 Å². The lowest BCUT2D eigenvalue weighted by molar-refractivity contribution is -0.133. The van der Waals surface area contributed by atoms with Crippen molar-refractivity contribution in [3.05, 3.63) is 59.0 Å². The third kappa shape index (κ3) is 4.29. The molecule has 0 bridgehead atoms. The third-order valence-corrected chi connectivity index (χ3v) is 4.61. The summed E-state index contributed by atoms with van der Waals surface area (Å²) in [6, 6.07) is 11.2. The summed E-state index contributed by atoms with van der Waals surface area (Å²) in [5.41, 5.74) is 1.13. The number of aryl methyl sites for hydroxylation is 1. The standard InChI is InChI=1S/C20H25NO4/c1-5-13(2)18(15-9-7-6-8-10-15)19(22)21(4)12-16-11-17(20(23)24)14(3)25-16/h6-11,13,18H,5,12H2,1-4H3,(H,23,24). The number of carboxylic acid groups (broad SMARTS) is 1. The van der Waals surface area contributed by atoms with Crippen LogP contribution >= 0.6 is 0 Å². The maximum Gasteiger partial charge on any atom is 0.339 e. The lowest BCUT2D eigenvalue weighted by Crippen LogP contribution is -2.34. The van der Waals surface area contributed by atoms with Crippen LogP contribution in [0.15, 0.2) is 40.8 Å². The highest BCUT2D eigenvalue weighted by Gasteiger charge is 2.29. The molecule has 1 heterocycles. The zero-order valence-electron chi connectivity index (χ0n) is 15.2. The number of carboxylic acids is 1. The number of hydrogen-bond donors (Lipinski definition) is 1. The minimum Gasteiger partial charge on any atom is -0.478 e. The van der Waals surface area contributed by atoms with Crippen molar-refractivity contribution in [1.29, 1.82) is 0 Å². The van der Waals surface area contributed by atoms with E-state index in [4.69, 9.17) is 9.52 Å². The van der Waals surface area contributed by atoms with Gasteiger partial charge >= 0.3 is 5.97 Å². The smallest absolute Gasteiger partial charge is 0.339 e. The molecule has 1 aromatic carbocycles. The highest BCUT2D eigenvalue weighted by Crippen LogP contribution is 2.29. The van der Waals surface area contributed by atoms with E-state index in [9.17, 15) is 9.59 Å². The molecule has 1 amide bonds. The van der Waals surface area contributed by atoms with Gasteiger partial charge in [-0.05, 0) is 24.5 Å². The van der Waals surface area contributed by atoms with E-state index in [2.05, 4.69) is 13.8 Å². The summed E-state index contributed by atoms with van der Waals surface area (Å²) in [5, 5.41) is 9.12. The van der Waals surface area contributed by atoms with E-state index in [1.807, 2.05) is 30.3 Å². The molecule has 0 aliphatic carbocycles. The normalized spacial score (nSPS) is 13.3. The molecule has 0 aliphatic rings. The number of furan rings is 1. The summed E-state index contributed by atoms with van der Waals surface area (Å²) in [7, 11) is 1.72. The summed E-state index contributed by atoms with van der Waals surface area (Å²) in [6.45, 7) is 6.00. The molecule has 25 heavy (non-hydrogen) atoms. The summed E-state index contributed by atoms with van der Waals surface area (Å²) in [6.07, 6.45) is 0.891. The van der Waals surface area contributed by atoms with E-state index < -0.39 is 5.97 Å². The Morgan fingerprint density at radius 2 is 1.88 bits per heavy atom. The van der Waals surface area contributed by atoms with Crippen LogP contribution in [0.25, 0.3) is 0 Å². The number of amides is 1. The molecule has 5 heteroatoms. The van der Waals surface area contributed by atoms with Gasteiger partial charge in [0.1, 0.15) is 17.1 Å². The number of benzene rings is 1. The van der Waals surface area contributed by atoms with Gasteiger partial charge in [0.25, 0.3) is 0 Å². The van der Waals surface area contributed by atoms with Gasteiger partial charge in [-0.3, -0.25) is 4.79 Å². The third-order valence-electron chi connectivity index (χ3n) is 4.61. The van der Waals surface area contributed by atoms with Crippen LogP contribution in [0.3, 0.4) is 0 Å². The zero-order valence-corrected chi connectivity index (χ0v) is 15.2. The monoisotopic (exact) mass is 343 g/mol. The Kier molecular flexibility index (Phi) is 6.02. The molecular weight excluding hydrogens is 318 g/mol. The first-order valence-electron chi connectivity index (χ1n) is 8.47. The summed E-state index contributed by atoms with van der Waals surface area (Å²) >= 11 is 0. The number of carbonyl (C=O) groups is 2. The second-order valence-electron chi connectivity index (χ2n) is 6.46. The van der Waals surface area contributed by atoms with Crippen LogP contribution in [0.4, 0.5) is 0 Å². The Balaban J connectivity index is 2.21. The first-order valence-corrected chi connectivity index (χ1v) is 8.47. The number of likely N-dealkylation sites (N-methyl/N-ethyl adjacent to an activating group) is 1. The zero-order chi connectivity index (χ0) is 18.6. The van der Waals surface area contributed by atoms with Gasteiger partial charge in [-0.25, -0.2) is 4.79 Å². The number of hydrogen-bond acceptors (Lipinski definition) is 3. The average molecular weight is 343 g/mol. The predicted octanol–water partition coefficient (Wildman–Crippen LogP) is 4.07. The van der Waals surface area contributed by atoms with Crippen LogP contribution in [0.1, 0.15) is 53.6 Å². The van der Waals surface area contributed by atoms with Crippen molar-refractivity contribution in [3.63, 3.8) is 0 Å². The van der Waals surface area contributed by atoms with Crippen molar-refractivity contribution < 1.29 is 19.1 Å². The van der Waals surface area contributed by atoms with E-state index in [0.717, 1.165) is 12.0 Å². The molecule has 2 rings (SSSR count). The fraction of sp³-hybridized carbons (Fsp3) is 0.400. The fourth-order valence-electron chi connectivity index (χ4n) is 2.99. The minimum atomic E-state index is -1.02. The molecule has 2 atom stereocenters. The van der Waals surface area contributed by atoms with E-state index in [-0.39, 0.29) is 29.9 Å². The van der Waals surface area contributed by atoms with Crippen molar-refractivity contribution >= 4 is 11.9 Å². The predicted molar refractivity (Wildman–Crippen MR) is 95.5 cm³/mol. The lowest BCUT2D eigenvalue weighted by atomic mass is 9.84. The van der Waals surface area contributed by atoms with Crippen molar-refractivity contribution in [1.82, 2.24) is 4.90 Å². The fourth-order valence-corrected chi connectivity index (χ4v) is 2.99. The maximum atomic E-state index is 13.0. The van der Waals surface area contributed by atoms with Gasteiger partial charge < -0.3 is 14.4 Å². The van der Waals surface area contributed by atoms with Crippen molar-refractivity contribution in [2.45, 2.75) is 39.7 Å². The molecule has 2 unspecified atom stereocenters. The van der Waals surface area contributed by atoms with Crippen LogP contribution < -0.4 is 0 Å². The Morgan fingerprint density at radius 1 is 1.24 bits per heavy atom. The Bertz CT molecular complexity index is 735. The molecule has 0 spiro atoms. The van der Waals surface area contributed by atoms with Gasteiger partial charge in [0.2, 0.25) is 5.91 Å². The molecule has 0 aliphatic heterocycles. The van der Waals surface area contributed by atoms with Gasteiger partial charge in [-0.2, -0.15) is 0 Å². The lowest BCUT2D eigenvalue weighted by Gasteiger charge is -2.27. The largest absolute Gasteiger partial charge is 0.478 e. The first kappa shape index (κ1) is 18.8. The van der Waals surface area contributed by atoms with Gasteiger partial charge in [0.15, 0.2) is 0 Å². The molecule has 0 fully saturated rings. The number of rotatable bonds is 7. The Morgan fingerprint density at radius 3 is 2.40 bits per heavy atom. The average Bonchev–Trinajstić information content (AvgIpc) is 2.96. The summed E-state index contributed by atoms with van der Waals surface area (Å²) < 4.78 is 5.49. The van der Waals surface area contributed by atoms with Crippen LogP contribution in [-0.2, 0) is 11.3 Å². The Hall–Kier alpha value is -2.56. The quantitative estimate of drug-likeness (QED) is 0.822. The second-order valence-corrected chi connectivity index (χ2v) is 6.46. The molecule has 1 N–H and O–H groups in total. The number of carbonyl (C=O) groups excluding carboxylic acids is 1. The molecule has 134 valence electrons. The van der Waals surface area contributed by atoms with Crippen LogP contribution in [0.2, 0.25) is 0 Å². The Labute approximate surface area is 148 Å². The SMILES string of the molecule is CCC(C)C(C(=O)N(C)Cc1cc(C(=O)O)c(C)o1)c1ccccc1. The highest BCUT2D eigenvalue weighted by molar-refractivity contribution is 5.89. The van der Waals surface area contributed by atoms with Crippen molar-refractivity contribution in [2.24, 2.45) is 5.92 Å². The summed E-state index contributed by atoms with van der Waals surface area (Å²) in [4.78, 5) is 25.8. The van der Waals surface area contributed by atoms with E-state index in [1.54, 1.807) is 18.9 Å². The molecule has 0 saturated carbocycles. The number of aromatic carboxylic acids is 1. The molecule has 0 saturated heterocycles. The van der Waals surface area contributed by atoms with E-state index in [1.165, 1.54) is 6.07 Å². The summed E-state index contributed by atoms with van der Waals surface area (Å²) in [5.74, 6) is -0.224. The van der Waals surface area contributed by atoms with Gasteiger partial charge in [0.05, 0.1) is 12.5 Å². The van der Waals surface area contributed by atoms with Crippen LogP contribution in [0.5, 0.6) is 0 Å². The van der Waals surface area contributed by atoms with E-state index >= 15 is 0 Å². The van der Waals surface area contributed by atoms with E-state index in [0.29, 0.717) is 11.5 Å². The highest BCUT2D eigenvalue weighted by atomic mass is 16.4. The van der Waals surface area contributed by atoms with Gasteiger partial charge in [-0.15, -0.1) is 0 Å². The second kappa shape index (κ2) is 8.01. The van der Waals surface area contributed by atoms with Gasteiger partial charge in [0, 0.05) is 7.05 Å². The van der Waals surface area contributed by atoms with Crippen LogP contribution in [-0.4, -0.2) is 28.9 Å². The molecule has 1 aromatic heterocycles. The maximum absolute atomic E-state index is 13.0. The van der Waals surface area contributed by atoms with Gasteiger partial charge in [-0.1, -0.05) is 50.6 Å². The molecule has 5 nitrogen and oxygen atoms in total. The molecule has 2 aromatic rings. The van der Waals surface area contributed by atoms with Crippen LogP contribution in [0, 0.1) is 12.8 Å². The topological polar surface area (TPSA) is 70.8 Å². The van der Waals surface area contributed by atoms with Crippen molar-refractivity contribution in [3.8, 4) is 0 Å². The molecule has 0 radical (unpaired) electrons. The first-order chi connectivity index (χ1) is 11.8. The molecular formula is C20H25NO4. The number of nitrogens with zero attached hydrogens (tertiary/aromatic N) is 1.